The maximum absolute atomic E-state index is 2.62. The number of hydrogen-bond donors (Lipinski definition) is 0. The first-order chi connectivity index (χ1) is 11.1. The van der Waals surface area contributed by atoms with Gasteiger partial charge in [0, 0.05) is 12.6 Å². The molecule has 1 aliphatic carbocycles. The number of nitrogens with zero attached hydrogens (tertiary/aromatic N) is 1. The summed E-state index contributed by atoms with van der Waals surface area (Å²) in [6.07, 6.45) is 11.2. The molecule has 0 aromatic carbocycles. The lowest BCUT2D eigenvalue weighted by atomic mass is 9.61. The van der Waals surface area contributed by atoms with E-state index >= 15 is 0 Å². The van der Waals surface area contributed by atoms with Gasteiger partial charge in [0.25, 0.3) is 0 Å². The average molecular weight is 334 g/mol. The molecule has 1 nitrogen and oxygen atoms in total. The predicted octanol–water partition coefficient (Wildman–Crippen LogP) is 6.85. The van der Waals surface area contributed by atoms with Gasteiger partial charge in [0.05, 0.1) is 0 Å². The van der Waals surface area contributed by atoms with Gasteiger partial charge < -0.3 is 0 Å². The SMILES string of the molecule is CCC(N(C)C/C=C(\C)CCC=C(C)C)C1(C)CCC(C)C1(C)C. The van der Waals surface area contributed by atoms with Crippen molar-refractivity contribution in [3.63, 3.8) is 0 Å². The molecule has 0 spiro atoms. The molecule has 140 valence electrons. The summed E-state index contributed by atoms with van der Waals surface area (Å²) < 4.78 is 0. The lowest BCUT2D eigenvalue weighted by molar-refractivity contribution is 0.00136. The first-order valence-corrected chi connectivity index (χ1v) is 10.1. The Morgan fingerprint density at radius 2 is 1.79 bits per heavy atom. The van der Waals surface area contributed by atoms with Crippen molar-refractivity contribution in [1.82, 2.24) is 4.90 Å². The molecule has 0 radical (unpaired) electrons. The maximum atomic E-state index is 2.62. The molecule has 0 amide bonds. The highest BCUT2D eigenvalue weighted by molar-refractivity contribution is 5.07. The van der Waals surface area contributed by atoms with E-state index in [0.29, 0.717) is 16.9 Å². The minimum atomic E-state index is 0.416. The summed E-state index contributed by atoms with van der Waals surface area (Å²) >= 11 is 0. The normalized spacial score (nSPS) is 28.2. The maximum Gasteiger partial charge on any atom is 0.0165 e. The molecule has 1 aliphatic rings. The van der Waals surface area contributed by atoms with Crippen LogP contribution in [0.2, 0.25) is 0 Å². The van der Waals surface area contributed by atoms with Crippen molar-refractivity contribution in [2.45, 2.75) is 93.5 Å². The van der Waals surface area contributed by atoms with Gasteiger partial charge in [-0.2, -0.15) is 0 Å². The van der Waals surface area contributed by atoms with Gasteiger partial charge in [-0.15, -0.1) is 0 Å². The second-order valence-corrected chi connectivity index (χ2v) is 9.31. The zero-order valence-electron chi connectivity index (χ0n) is 18.0. The molecule has 0 heterocycles. The molecule has 0 N–H and O–H groups in total. The first kappa shape index (κ1) is 21.5. The molecule has 24 heavy (non-hydrogen) atoms. The summed E-state index contributed by atoms with van der Waals surface area (Å²) in [5, 5.41) is 0. The van der Waals surface area contributed by atoms with E-state index in [9.17, 15) is 0 Å². The van der Waals surface area contributed by atoms with Crippen LogP contribution in [0.1, 0.15) is 87.5 Å². The van der Waals surface area contributed by atoms with Crippen molar-refractivity contribution < 1.29 is 0 Å². The van der Waals surface area contributed by atoms with Crippen LogP contribution in [-0.2, 0) is 0 Å². The number of rotatable bonds is 8. The highest BCUT2D eigenvalue weighted by Crippen LogP contribution is 2.58. The molecule has 0 aromatic rings. The Morgan fingerprint density at radius 3 is 2.25 bits per heavy atom. The third-order valence-electron chi connectivity index (χ3n) is 7.27. The molecule has 0 aliphatic heterocycles. The molecule has 0 bridgehead atoms. The molecule has 3 atom stereocenters. The van der Waals surface area contributed by atoms with E-state index in [1.807, 2.05) is 0 Å². The summed E-state index contributed by atoms with van der Waals surface area (Å²) in [6, 6.07) is 0.666. The molecule has 1 heteroatoms. The fourth-order valence-corrected chi connectivity index (χ4v) is 4.72. The second kappa shape index (κ2) is 8.70. The fraction of sp³-hybridized carbons (Fsp3) is 0.826. The summed E-state index contributed by atoms with van der Waals surface area (Å²) in [5.74, 6) is 0.825. The lowest BCUT2D eigenvalue weighted by Gasteiger charge is -2.49. The predicted molar refractivity (Wildman–Crippen MR) is 109 cm³/mol. The first-order valence-electron chi connectivity index (χ1n) is 10.1. The van der Waals surface area contributed by atoms with Gasteiger partial charge in [-0.1, -0.05) is 57.9 Å². The Bertz CT molecular complexity index is 453. The second-order valence-electron chi connectivity index (χ2n) is 9.31. The van der Waals surface area contributed by atoms with Gasteiger partial charge in [0.2, 0.25) is 0 Å². The van der Waals surface area contributed by atoms with Crippen LogP contribution in [0.4, 0.5) is 0 Å². The Labute approximate surface area is 152 Å². The van der Waals surface area contributed by atoms with Crippen LogP contribution >= 0.6 is 0 Å². The van der Waals surface area contributed by atoms with Gasteiger partial charge in [0.15, 0.2) is 0 Å². The highest BCUT2D eigenvalue weighted by atomic mass is 15.1. The molecular formula is C23H43N. The Hall–Kier alpha value is -0.560. The largest absolute Gasteiger partial charge is 0.299 e. The molecule has 0 aromatic heterocycles. The van der Waals surface area contributed by atoms with E-state index < -0.39 is 0 Å². The van der Waals surface area contributed by atoms with Gasteiger partial charge in [0.1, 0.15) is 0 Å². The average Bonchev–Trinajstić information content (AvgIpc) is 2.69. The van der Waals surface area contributed by atoms with Gasteiger partial charge >= 0.3 is 0 Å². The minimum Gasteiger partial charge on any atom is -0.299 e. The zero-order valence-corrected chi connectivity index (χ0v) is 18.0. The summed E-state index contributed by atoms with van der Waals surface area (Å²) in [5.41, 5.74) is 3.79. The van der Waals surface area contributed by atoms with E-state index in [2.05, 4.69) is 79.5 Å². The zero-order chi connectivity index (χ0) is 18.5. The van der Waals surface area contributed by atoms with Gasteiger partial charge in [-0.25, -0.2) is 0 Å². The Balaban J connectivity index is 2.74. The van der Waals surface area contributed by atoms with Crippen LogP contribution in [0, 0.1) is 16.7 Å². The fourth-order valence-electron chi connectivity index (χ4n) is 4.72. The van der Waals surface area contributed by atoms with Crippen LogP contribution in [-0.4, -0.2) is 24.5 Å². The topological polar surface area (TPSA) is 3.24 Å². The van der Waals surface area contributed by atoms with E-state index in [1.165, 1.54) is 43.3 Å². The third kappa shape index (κ3) is 4.75. The van der Waals surface area contributed by atoms with Crippen molar-refractivity contribution in [2.24, 2.45) is 16.7 Å². The van der Waals surface area contributed by atoms with E-state index in [1.54, 1.807) is 0 Å². The Kier molecular flexibility index (Phi) is 7.78. The number of hydrogen-bond acceptors (Lipinski definition) is 1. The summed E-state index contributed by atoms with van der Waals surface area (Å²) in [7, 11) is 2.33. The summed E-state index contributed by atoms with van der Waals surface area (Å²) in [4.78, 5) is 2.62. The monoisotopic (exact) mass is 333 g/mol. The molecule has 0 saturated heterocycles. The van der Waals surface area contributed by atoms with Crippen molar-refractivity contribution in [3.05, 3.63) is 23.3 Å². The molecule has 3 unspecified atom stereocenters. The van der Waals surface area contributed by atoms with Crippen LogP contribution in [0.15, 0.2) is 23.3 Å². The smallest absolute Gasteiger partial charge is 0.0165 e. The third-order valence-corrected chi connectivity index (χ3v) is 7.27. The lowest BCUT2D eigenvalue weighted by Crippen LogP contribution is -2.50. The van der Waals surface area contributed by atoms with Crippen LogP contribution in [0.3, 0.4) is 0 Å². The number of likely N-dealkylation sites (N-methyl/N-ethyl adjacent to an activating group) is 1. The Morgan fingerprint density at radius 1 is 1.17 bits per heavy atom. The highest BCUT2D eigenvalue weighted by Gasteiger charge is 2.53. The van der Waals surface area contributed by atoms with Crippen LogP contribution in [0.25, 0.3) is 0 Å². The van der Waals surface area contributed by atoms with E-state index in [4.69, 9.17) is 0 Å². The molecule has 1 fully saturated rings. The van der Waals surface area contributed by atoms with E-state index in [-0.39, 0.29) is 0 Å². The number of allylic oxidation sites excluding steroid dienone is 3. The standard InChI is InChI=1S/C23H43N/c1-10-21(23(8)16-14-20(5)22(23,6)7)24(9)17-15-19(4)13-11-12-18(2)3/h12,15,20-21H,10-11,13-14,16-17H2,1-9H3/b19-15+. The quantitative estimate of drug-likeness (QED) is 0.439. The summed E-state index contributed by atoms with van der Waals surface area (Å²) in [6.45, 7) is 20.1. The van der Waals surface area contributed by atoms with Crippen LogP contribution in [0.5, 0.6) is 0 Å². The van der Waals surface area contributed by atoms with E-state index in [0.717, 1.165) is 12.5 Å². The van der Waals surface area contributed by atoms with Gasteiger partial charge in [-0.05, 0) is 76.7 Å². The van der Waals surface area contributed by atoms with Gasteiger partial charge in [-0.3, -0.25) is 4.90 Å². The minimum absolute atomic E-state index is 0.416. The molecule has 1 rings (SSSR count). The van der Waals surface area contributed by atoms with Crippen molar-refractivity contribution in [2.75, 3.05) is 13.6 Å². The molecule has 1 saturated carbocycles. The van der Waals surface area contributed by atoms with Crippen molar-refractivity contribution in [1.29, 1.82) is 0 Å². The van der Waals surface area contributed by atoms with Crippen molar-refractivity contribution >= 4 is 0 Å². The van der Waals surface area contributed by atoms with Crippen molar-refractivity contribution in [3.8, 4) is 0 Å². The molecular weight excluding hydrogens is 290 g/mol. The van der Waals surface area contributed by atoms with Crippen LogP contribution < -0.4 is 0 Å².